The first-order chi connectivity index (χ1) is 13.5. The summed E-state index contributed by atoms with van der Waals surface area (Å²) in [6.45, 7) is 0.285. The van der Waals surface area contributed by atoms with E-state index in [-0.39, 0.29) is 18.0 Å². The van der Waals surface area contributed by atoms with E-state index in [1.165, 1.54) is 29.5 Å². The van der Waals surface area contributed by atoms with Crippen molar-refractivity contribution in [2.45, 2.75) is 6.61 Å². The molecule has 28 heavy (non-hydrogen) atoms. The number of hydrogen-bond acceptors (Lipinski definition) is 5. The van der Waals surface area contributed by atoms with E-state index in [2.05, 4.69) is 26.2 Å². The van der Waals surface area contributed by atoms with Crippen molar-refractivity contribution in [1.29, 1.82) is 5.26 Å². The first-order valence-electron chi connectivity index (χ1n) is 8.04. The number of nitrogens with one attached hydrogen (secondary N) is 1. The van der Waals surface area contributed by atoms with Crippen LogP contribution in [0.15, 0.2) is 64.1 Å². The van der Waals surface area contributed by atoms with Crippen molar-refractivity contribution in [2.24, 2.45) is 0 Å². The molecule has 0 aliphatic heterocycles. The number of ether oxygens (including phenoxy) is 1. The third-order valence-electron chi connectivity index (χ3n) is 3.59. The van der Waals surface area contributed by atoms with Crippen molar-refractivity contribution in [2.75, 3.05) is 5.32 Å². The zero-order valence-corrected chi connectivity index (χ0v) is 16.8. The summed E-state index contributed by atoms with van der Waals surface area (Å²) < 4.78 is 19.3. The SMILES string of the molecule is N#C/C(=C/c1ccc(OCc2ccc(F)cc2)c(Br)c1)C(=O)Nc1nccs1. The van der Waals surface area contributed by atoms with Crippen molar-refractivity contribution in [1.82, 2.24) is 4.98 Å². The van der Waals surface area contributed by atoms with Crippen LogP contribution in [0.3, 0.4) is 0 Å². The van der Waals surface area contributed by atoms with Gasteiger partial charge in [-0.2, -0.15) is 5.26 Å². The number of amides is 1. The Kier molecular flexibility index (Phi) is 6.53. The predicted octanol–water partition coefficient (Wildman–Crippen LogP) is 5.17. The highest BCUT2D eigenvalue weighted by Crippen LogP contribution is 2.28. The van der Waals surface area contributed by atoms with Gasteiger partial charge in [0.25, 0.3) is 5.91 Å². The molecule has 1 amide bonds. The molecule has 140 valence electrons. The molecule has 1 heterocycles. The second-order valence-corrected chi connectivity index (χ2v) is 7.32. The van der Waals surface area contributed by atoms with Crippen LogP contribution in [0.2, 0.25) is 0 Å². The summed E-state index contributed by atoms with van der Waals surface area (Å²) in [4.78, 5) is 16.1. The third kappa shape index (κ3) is 5.25. The Morgan fingerprint density at radius 2 is 2.11 bits per heavy atom. The van der Waals surface area contributed by atoms with Gasteiger partial charge in [-0.25, -0.2) is 9.37 Å². The van der Waals surface area contributed by atoms with E-state index in [1.807, 2.05) is 6.07 Å². The molecule has 0 aliphatic rings. The fourth-order valence-electron chi connectivity index (χ4n) is 2.23. The third-order valence-corrected chi connectivity index (χ3v) is 4.90. The Balaban J connectivity index is 1.69. The summed E-state index contributed by atoms with van der Waals surface area (Å²) in [5, 5.41) is 14.0. The summed E-state index contributed by atoms with van der Waals surface area (Å²) in [7, 11) is 0. The van der Waals surface area contributed by atoms with Crippen LogP contribution < -0.4 is 10.1 Å². The fourth-order valence-corrected chi connectivity index (χ4v) is 3.27. The van der Waals surface area contributed by atoms with Crippen LogP contribution in [0, 0.1) is 17.1 Å². The maximum Gasteiger partial charge on any atom is 0.268 e. The highest BCUT2D eigenvalue weighted by atomic mass is 79.9. The van der Waals surface area contributed by atoms with Gasteiger partial charge in [-0.3, -0.25) is 10.1 Å². The summed E-state index contributed by atoms with van der Waals surface area (Å²) in [5.41, 5.74) is 1.46. The highest BCUT2D eigenvalue weighted by molar-refractivity contribution is 9.10. The number of nitrogens with zero attached hydrogens (tertiary/aromatic N) is 2. The Morgan fingerprint density at radius 1 is 1.32 bits per heavy atom. The van der Waals surface area contributed by atoms with Gasteiger partial charge in [-0.05, 0) is 57.4 Å². The minimum Gasteiger partial charge on any atom is -0.488 e. The van der Waals surface area contributed by atoms with E-state index >= 15 is 0 Å². The summed E-state index contributed by atoms with van der Waals surface area (Å²) in [6.07, 6.45) is 3.05. The first-order valence-corrected chi connectivity index (χ1v) is 9.72. The van der Waals surface area contributed by atoms with Crippen molar-refractivity contribution >= 4 is 44.4 Å². The Labute approximate surface area is 173 Å². The topological polar surface area (TPSA) is 75.0 Å². The standard InChI is InChI=1S/C20H13BrFN3O2S/c21-17-10-14(9-15(11-23)19(26)25-20-24-7-8-28-20)3-6-18(17)27-12-13-1-4-16(22)5-2-13/h1-10H,12H2,(H,24,25,26)/b15-9-. The van der Waals surface area contributed by atoms with Gasteiger partial charge in [0.1, 0.15) is 29.8 Å². The lowest BCUT2D eigenvalue weighted by Gasteiger charge is -2.09. The van der Waals surface area contributed by atoms with Gasteiger partial charge >= 0.3 is 0 Å². The van der Waals surface area contributed by atoms with Crippen LogP contribution in [0.25, 0.3) is 6.08 Å². The molecule has 0 radical (unpaired) electrons. The molecule has 0 bridgehead atoms. The second-order valence-electron chi connectivity index (χ2n) is 5.57. The van der Waals surface area contributed by atoms with Crippen LogP contribution in [-0.2, 0) is 11.4 Å². The molecule has 1 aromatic heterocycles. The number of benzene rings is 2. The van der Waals surface area contributed by atoms with Crippen LogP contribution >= 0.6 is 27.3 Å². The Bertz CT molecular complexity index is 1040. The van der Waals surface area contributed by atoms with Gasteiger partial charge in [-0.15, -0.1) is 11.3 Å². The van der Waals surface area contributed by atoms with E-state index in [0.29, 0.717) is 20.9 Å². The molecule has 0 unspecified atom stereocenters. The zero-order valence-electron chi connectivity index (χ0n) is 14.4. The molecular formula is C20H13BrFN3O2S. The normalized spacial score (nSPS) is 11.0. The summed E-state index contributed by atoms with van der Waals surface area (Å²) in [6, 6.07) is 13.2. The molecule has 5 nitrogen and oxygen atoms in total. The number of aromatic nitrogens is 1. The minimum absolute atomic E-state index is 0.0397. The molecule has 1 N–H and O–H groups in total. The van der Waals surface area contributed by atoms with Gasteiger partial charge in [0.05, 0.1) is 4.47 Å². The molecule has 0 fully saturated rings. The van der Waals surface area contributed by atoms with Crippen LogP contribution in [0.5, 0.6) is 5.75 Å². The molecule has 0 atom stereocenters. The highest BCUT2D eigenvalue weighted by Gasteiger charge is 2.11. The zero-order chi connectivity index (χ0) is 19.9. The Morgan fingerprint density at radius 3 is 2.75 bits per heavy atom. The molecule has 8 heteroatoms. The number of carbonyl (C=O) groups excluding carboxylic acids is 1. The lowest BCUT2D eigenvalue weighted by atomic mass is 10.1. The molecule has 3 aromatic rings. The molecular weight excluding hydrogens is 445 g/mol. The molecule has 0 saturated carbocycles. The molecule has 0 saturated heterocycles. The van der Waals surface area contributed by atoms with E-state index in [4.69, 9.17) is 4.74 Å². The van der Waals surface area contributed by atoms with Crippen LogP contribution in [-0.4, -0.2) is 10.9 Å². The van der Waals surface area contributed by atoms with E-state index < -0.39 is 5.91 Å². The van der Waals surface area contributed by atoms with Crippen LogP contribution in [0.1, 0.15) is 11.1 Å². The molecule has 0 aliphatic carbocycles. The van der Waals surface area contributed by atoms with E-state index in [9.17, 15) is 14.4 Å². The Hall–Kier alpha value is -3.02. The van der Waals surface area contributed by atoms with E-state index in [1.54, 1.807) is 41.9 Å². The van der Waals surface area contributed by atoms with Crippen molar-refractivity contribution in [3.05, 3.63) is 81.0 Å². The smallest absolute Gasteiger partial charge is 0.268 e. The number of nitriles is 1. The van der Waals surface area contributed by atoms with Gasteiger partial charge in [0.15, 0.2) is 5.13 Å². The number of hydrogen-bond donors (Lipinski definition) is 1. The van der Waals surface area contributed by atoms with Crippen LogP contribution in [0.4, 0.5) is 9.52 Å². The van der Waals surface area contributed by atoms with Gasteiger partial charge in [-0.1, -0.05) is 18.2 Å². The van der Waals surface area contributed by atoms with E-state index in [0.717, 1.165) is 5.56 Å². The minimum atomic E-state index is -0.523. The maximum atomic E-state index is 12.9. The first kappa shape index (κ1) is 19.7. The lowest BCUT2D eigenvalue weighted by molar-refractivity contribution is -0.112. The average Bonchev–Trinajstić information content (AvgIpc) is 3.19. The summed E-state index contributed by atoms with van der Waals surface area (Å²) >= 11 is 4.69. The number of thiazole rings is 1. The average molecular weight is 458 g/mol. The van der Waals surface area contributed by atoms with Gasteiger partial charge in [0, 0.05) is 11.6 Å². The number of anilines is 1. The van der Waals surface area contributed by atoms with Crippen molar-refractivity contribution in [3.8, 4) is 11.8 Å². The molecule has 0 spiro atoms. The summed E-state index contributed by atoms with van der Waals surface area (Å²) in [5.74, 6) is -0.231. The monoisotopic (exact) mass is 457 g/mol. The van der Waals surface area contributed by atoms with Gasteiger partial charge in [0.2, 0.25) is 0 Å². The largest absolute Gasteiger partial charge is 0.488 e. The second kappa shape index (κ2) is 9.26. The lowest BCUT2D eigenvalue weighted by Crippen LogP contribution is -2.13. The van der Waals surface area contributed by atoms with Crippen molar-refractivity contribution in [3.63, 3.8) is 0 Å². The molecule has 2 aromatic carbocycles. The van der Waals surface area contributed by atoms with Crippen molar-refractivity contribution < 1.29 is 13.9 Å². The number of carbonyl (C=O) groups is 1. The van der Waals surface area contributed by atoms with Gasteiger partial charge < -0.3 is 4.74 Å². The maximum absolute atomic E-state index is 12.9. The quantitative estimate of drug-likeness (QED) is 0.409. The fraction of sp³-hybridized carbons (Fsp3) is 0.0500. The predicted molar refractivity (Wildman–Crippen MR) is 109 cm³/mol. The molecule has 3 rings (SSSR count). The number of rotatable bonds is 6. The number of halogens is 2.